The first-order chi connectivity index (χ1) is 10.7. The molecule has 120 valence electrons. The number of carbonyl (C=O) groups excluding carboxylic acids is 2. The summed E-state index contributed by atoms with van der Waals surface area (Å²) < 4.78 is 0. The molecule has 0 unspecified atom stereocenters. The Hall–Kier alpha value is -2.76. The smallest absolute Gasteiger partial charge is 0.254 e. The SMILES string of the molecule is CC(=O)c1ccc(Nc2ncc(C(=O)NC(C)(C)C)cn2)cc1. The van der Waals surface area contributed by atoms with Gasteiger partial charge in [0.15, 0.2) is 5.78 Å². The van der Waals surface area contributed by atoms with Crippen LogP contribution >= 0.6 is 0 Å². The normalized spacial score (nSPS) is 11.0. The van der Waals surface area contributed by atoms with Gasteiger partial charge in [0.05, 0.1) is 5.56 Å². The topological polar surface area (TPSA) is 84.0 Å². The Morgan fingerprint density at radius 2 is 1.52 bits per heavy atom. The number of rotatable bonds is 4. The largest absolute Gasteiger partial charge is 0.347 e. The predicted octanol–water partition coefficient (Wildman–Crippen LogP) is 2.95. The molecule has 0 atom stereocenters. The van der Waals surface area contributed by atoms with Gasteiger partial charge >= 0.3 is 0 Å². The van der Waals surface area contributed by atoms with Crippen LogP contribution in [0.25, 0.3) is 0 Å². The lowest BCUT2D eigenvalue weighted by atomic mass is 10.1. The van der Waals surface area contributed by atoms with E-state index in [9.17, 15) is 9.59 Å². The summed E-state index contributed by atoms with van der Waals surface area (Å²) >= 11 is 0. The monoisotopic (exact) mass is 312 g/mol. The van der Waals surface area contributed by atoms with Crippen LogP contribution in [0.5, 0.6) is 0 Å². The number of aromatic nitrogens is 2. The molecule has 0 spiro atoms. The zero-order valence-electron chi connectivity index (χ0n) is 13.7. The Morgan fingerprint density at radius 3 is 2.00 bits per heavy atom. The number of anilines is 2. The van der Waals surface area contributed by atoms with Gasteiger partial charge in [0.2, 0.25) is 5.95 Å². The first kappa shape index (κ1) is 16.6. The first-order valence-corrected chi connectivity index (χ1v) is 7.27. The van der Waals surface area contributed by atoms with E-state index >= 15 is 0 Å². The molecule has 0 aliphatic heterocycles. The molecular weight excluding hydrogens is 292 g/mol. The van der Waals surface area contributed by atoms with E-state index in [2.05, 4.69) is 20.6 Å². The van der Waals surface area contributed by atoms with Crippen LogP contribution in [0, 0.1) is 0 Å². The van der Waals surface area contributed by atoms with Gasteiger partial charge in [-0.15, -0.1) is 0 Å². The van der Waals surface area contributed by atoms with Gasteiger partial charge in [-0.1, -0.05) is 0 Å². The third-order valence-electron chi connectivity index (χ3n) is 2.95. The van der Waals surface area contributed by atoms with E-state index < -0.39 is 0 Å². The Bertz CT molecular complexity index is 701. The number of nitrogens with one attached hydrogen (secondary N) is 2. The molecule has 2 rings (SSSR count). The first-order valence-electron chi connectivity index (χ1n) is 7.27. The summed E-state index contributed by atoms with van der Waals surface area (Å²) in [7, 11) is 0. The number of Topliss-reactive ketones (excluding diaryl/α,β-unsaturated/α-hetero) is 1. The number of ketones is 1. The third kappa shape index (κ3) is 4.88. The summed E-state index contributed by atoms with van der Waals surface area (Å²) in [5.74, 6) is 0.185. The highest BCUT2D eigenvalue weighted by molar-refractivity contribution is 5.94. The van der Waals surface area contributed by atoms with E-state index in [1.807, 2.05) is 20.8 Å². The van der Waals surface area contributed by atoms with Gasteiger partial charge in [-0.05, 0) is 52.0 Å². The Kier molecular flexibility index (Phi) is 4.74. The van der Waals surface area contributed by atoms with Crippen LogP contribution in [-0.2, 0) is 0 Å². The fraction of sp³-hybridized carbons (Fsp3) is 0.294. The minimum absolute atomic E-state index is 0.0158. The average Bonchev–Trinajstić information content (AvgIpc) is 2.46. The zero-order valence-corrected chi connectivity index (χ0v) is 13.7. The highest BCUT2D eigenvalue weighted by Gasteiger charge is 2.15. The van der Waals surface area contributed by atoms with Crippen molar-refractivity contribution >= 4 is 23.3 Å². The summed E-state index contributed by atoms with van der Waals surface area (Å²) in [4.78, 5) is 31.5. The Morgan fingerprint density at radius 1 is 0.957 bits per heavy atom. The van der Waals surface area contributed by atoms with Gasteiger partial charge in [0, 0.05) is 29.2 Å². The number of hydrogen-bond donors (Lipinski definition) is 2. The molecule has 6 nitrogen and oxygen atoms in total. The van der Waals surface area contributed by atoms with Gasteiger partial charge < -0.3 is 10.6 Å². The Balaban J connectivity index is 2.05. The number of benzene rings is 1. The Labute approximate surface area is 135 Å². The van der Waals surface area contributed by atoms with E-state index in [0.717, 1.165) is 5.69 Å². The maximum absolute atomic E-state index is 12.0. The lowest BCUT2D eigenvalue weighted by molar-refractivity contribution is 0.0918. The molecule has 23 heavy (non-hydrogen) atoms. The lowest BCUT2D eigenvalue weighted by Crippen LogP contribution is -2.40. The quantitative estimate of drug-likeness (QED) is 0.848. The van der Waals surface area contributed by atoms with E-state index in [1.54, 1.807) is 24.3 Å². The van der Waals surface area contributed by atoms with Crippen LogP contribution in [0.4, 0.5) is 11.6 Å². The lowest BCUT2D eigenvalue weighted by Gasteiger charge is -2.20. The molecule has 0 aliphatic carbocycles. The minimum atomic E-state index is -0.313. The van der Waals surface area contributed by atoms with E-state index in [0.29, 0.717) is 17.1 Å². The average molecular weight is 312 g/mol. The van der Waals surface area contributed by atoms with Crippen molar-refractivity contribution in [3.05, 3.63) is 47.8 Å². The van der Waals surface area contributed by atoms with E-state index in [-0.39, 0.29) is 17.2 Å². The minimum Gasteiger partial charge on any atom is -0.347 e. The van der Waals surface area contributed by atoms with Crippen molar-refractivity contribution in [2.75, 3.05) is 5.32 Å². The van der Waals surface area contributed by atoms with Gasteiger partial charge in [-0.25, -0.2) is 9.97 Å². The van der Waals surface area contributed by atoms with Crippen LogP contribution in [0.1, 0.15) is 48.4 Å². The molecule has 2 N–H and O–H groups in total. The molecule has 0 aliphatic rings. The standard InChI is InChI=1S/C17H20N4O2/c1-11(22)12-5-7-14(8-6-12)20-16-18-9-13(10-19-16)15(23)21-17(2,3)4/h5-10H,1-4H3,(H,21,23)(H,18,19,20). The molecule has 0 fully saturated rings. The molecule has 0 bridgehead atoms. The van der Waals surface area contributed by atoms with Crippen LogP contribution in [0.15, 0.2) is 36.7 Å². The molecular formula is C17H20N4O2. The van der Waals surface area contributed by atoms with Crippen molar-refractivity contribution in [3.8, 4) is 0 Å². The number of amides is 1. The van der Waals surface area contributed by atoms with Crippen molar-refractivity contribution < 1.29 is 9.59 Å². The number of hydrogen-bond acceptors (Lipinski definition) is 5. The third-order valence-corrected chi connectivity index (χ3v) is 2.95. The molecule has 0 saturated heterocycles. The highest BCUT2D eigenvalue weighted by Crippen LogP contribution is 2.14. The summed E-state index contributed by atoms with van der Waals surface area (Å²) in [6.07, 6.45) is 2.95. The predicted molar refractivity (Wildman–Crippen MR) is 89.0 cm³/mol. The molecule has 0 saturated carbocycles. The number of nitrogens with zero attached hydrogens (tertiary/aromatic N) is 2. The van der Waals surface area contributed by atoms with Crippen molar-refractivity contribution in [2.45, 2.75) is 33.2 Å². The summed E-state index contributed by atoms with van der Waals surface area (Å²) in [6.45, 7) is 7.25. The van der Waals surface area contributed by atoms with Crippen LogP contribution in [-0.4, -0.2) is 27.2 Å². The van der Waals surface area contributed by atoms with Crippen LogP contribution in [0.3, 0.4) is 0 Å². The van der Waals surface area contributed by atoms with Crippen LogP contribution in [0.2, 0.25) is 0 Å². The van der Waals surface area contributed by atoms with Crippen molar-refractivity contribution in [1.82, 2.24) is 15.3 Å². The number of carbonyl (C=O) groups is 2. The van der Waals surface area contributed by atoms with E-state index in [1.165, 1.54) is 19.3 Å². The molecule has 0 radical (unpaired) electrons. The van der Waals surface area contributed by atoms with Crippen molar-refractivity contribution in [1.29, 1.82) is 0 Å². The van der Waals surface area contributed by atoms with E-state index in [4.69, 9.17) is 0 Å². The van der Waals surface area contributed by atoms with Gasteiger partial charge in [0.25, 0.3) is 5.91 Å². The molecule has 1 aromatic carbocycles. The second-order valence-corrected chi connectivity index (χ2v) is 6.26. The summed E-state index contributed by atoms with van der Waals surface area (Å²) in [5.41, 5.74) is 1.50. The molecule has 1 amide bonds. The zero-order chi connectivity index (χ0) is 17.0. The maximum Gasteiger partial charge on any atom is 0.254 e. The van der Waals surface area contributed by atoms with Gasteiger partial charge in [-0.2, -0.15) is 0 Å². The summed E-state index contributed by atoms with van der Waals surface area (Å²) in [5, 5.41) is 5.87. The van der Waals surface area contributed by atoms with Crippen molar-refractivity contribution in [2.24, 2.45) is 0 Å². The van der Waals surface area contributed by atoms with Crippen LogP contribution < -0.4 is 10.6 Å². The highest BCUT2D eigenvalue weighted by atomic mass is 16.1. The van der Waals surface area contributed by atoms with Gasteiger partial charge in [-0.3, -0.25) is 9.59 Å². The second kappa shape index (κ2) is 6.56. The maximum atomic E-state index is 12.0. The molecule has 1 heterocycles. The summed E-state index contributed by atoms with van der Waals surface area (Å²) in [6, 6.07) is 7.02. The fourth-order valence-electron chi connectivity index (χ4n) is 1.84. The van der Waals surface area contributed by atoms with Gasteiger partial charge in [0.1, 0.15) is 0 Å². The van der Waals surface area contributed by atoms with Crippen molar-refractivity contribution in [3.63, 3.8) is 0 Å². The second-order valence-electron chi connectivity index (χ2n) is 6.26. The molecule has 2 aromatic rings. The fourth-order valence-corrected chi connectivity index (χ4v) is 1.84. The molecule has 6 heteroatoms. The molecule has 1 aromatic heterocycles.